The summed E-state index contributed by atoms with van der Waals surface area (Å²) in [6, 6.07) is 3.82. The lowest BCUT2D eigenvalue weighted by molar-refractivity contribution is -0.145. The molecule has 0 spiro atoms. The van der Waals surface area contributed by atoms with E-state index in [0.29, 0.717) is 5.56 Å². The molecular formula is C14H18N2O6. The molecule has 1 amide bonds. The van der Waals surface area contributed by atoms with Crippen LogP contribution in [0.2, 0.25) is 0 Å². The largest absolute Gasteiger partial charge is 0.508 e. The normalized spacial score (nSPS) is 13.0. The number of carboxylic acids is 1. The summed E-state index contributed by atoms with van der Waals surface area (Å²) in [7, 11) is 1.18. The highest BCUT2D eigenvalue weighted by atomic mass is 16.5. The summed E-state index contributed by atoms with van der Waals surface area (Å²) < 4.78 is 4.61. The van der Waals surface area contributed by atoms with Crippen molar-refractivity contribution in [3.8, 4) is 5.75 Å². The maximum absolute atomic E-state index is 11.8. The van der Waals surface area contributed by atoms with Gasteiger partial charge in [0.15, 0.2) is 0 Å². The maximum atomic E-state index is 11.8. The number of hydrogen-bond acceptors (Lipinski definition) is 6. The number of nitrogens with one attached hydrogen (secondary N) is 1. The molecule has 2 atom stereocenters. The topological polar surface area (TPSA) is 139 Å². The molecule has 0 fully saturated rings. The van der Waals surface area contributed by atoms with Crippen LogP contribution in [-0.4, -0.2) is 47.3 Å². The van der Waals surface area contributed by atoms with E-state index in [-0.39, 0.29) is 12.2 Å². The molecule has 0 aromatic heterocycles. The zero-order chi connectivity index (χ0) is 16.7. The average molecular weight is 310 g/mol. The molecule has 0 heterocycles. The van der Waals surface area contributed by atoms with Crippen LogP contribution in [0.3, 0.4) is 0 Å². The number of hydrogen-bond donors (Lipinski definition) is 4. The van der Waals surface area contributed by atoms with Crippen molar-refractivity contribution in [1.82, 2.24) is 5.32 Å². The SMILES string of the molecule is COC(=O)[C@@H](Cc1ccc(O)cc1)NC(=O)[C@H](N)CC(=O)O. The van der Waals surface area contributed by atoms with Crippen LogP contribution >= 0.6 is 0 Å². The lowest BCUT2D eigenvalue weighted by atomic mass is 10.0. The number of methoxy groups -OCH3 is 1. The van der Waals surface area contributed by atoms with Crippen molar-refractivity contribution < 1.29 is 29.3 Å². The van der Waals surface area contributed by atoms with E-state index in [9.17, 15) is 19.5 Å². The van der Waals surface area contributed by atoms with Gasteiger partial charge in [0.05, 0.1) is 19.6 Å². The number of esters is 1. The van der Waals surface area contributed by atoms with Gasteiger partial charge in [-0.2, -0.15) is 0 Å². The van der Waals surface area contributed by atoms with Crippen LogP contribution in [0.25, 0.3) is 0 Å². The number of carbonyl (C=O) groups excluding carboxylic acids is 2. The van der Waals surface area contributed by atoms with Crippen LogP contribution in [0.5, 0.6) is 5.75 Å². The maximum Gasteiger partial charge on any atom is 0.328 e. The van der Waals surface area contributed by atoms with Crippen molar-refractivity contribution in [3.63, 3.8) is 0 Å². The van der Waals surface area contributed by atoms with Crippen molar-refractivity contribution >= 4 is 17.8 Å². The fourth-order valence-electron chi connectivity index (χ4n) is 1.76. The number of amides is 1. The molecule has 22 heavy (non-hydrogen) atoms. The zero-order valence-electron chi connectivity index (χ0n) is 12.0. The molecule has 0 aliphatic heterocycles. The van der Waals surface area contributed by atoms with E-state index in [0.717, 1.165) is 0 Å². The first-order chi connectivity index (χ1) is 10.3. The molecule has 0 bridgehead atoms. The Balaban J connectivity index is 2.76. The number of nitrogens with two attached hydrogens (primary N) is 1. The zero-order valence-corrected chi connectivity index (χ0v) is 12.0. The van der Waals surface area contributed by atoms with Gasteiger partial charge in [0.1, 0.15) is 11.8 Å². The number of rotatable bonds is 7. The molecule has 5 N–H and O–H groups in total. The minimum atomic E-state index is -1.26. The van der Waals surface area contributed by atoms with Crippen molar-refractivity contribution in [2.24, 2.45) is 5.73 Å². The van der Waals surface area contributed by atoms with Gasteiger partial charge in [0.25, 0.3) is 0 Å². The number of phenols is 1. The number of benzene rings is 1. The van der Waals surface area contributed by atoms with Gasteiger partial charge in [-0.25, -0.2) is 4.79 Å². The lowest BCUT2D eigenvalue weighted by Gasteiger charge is -2.18. The quantitative estimate of drug-likeness (QED) is 0.493. The second kappa shape index (κ2) is 7.99. The van der Waals surface area contributed by atoms with Crippen molar-refractivity contribution in [1.29, 1.82) is 0 Å². The number of carboxylic acid groups (broad SMARTS) is 1. The van der Waals surface area contributed by atoms with Gasteiger partial charge >= 0.3 is 11.9 Å². The molecular weight excluding hydrogens is 292 g/mol. The molecule has 0 aliphatic carbocycles. The fourth-order valence-corrected chi connectivity index (χ4v) is 1.76. The lowest BCUT2D eigenvalue weighted by Crippen LogP contribution is -2.50. The number of phenolic OH excluding ortho intramolecular Hbond substituents is 1. The third kappa shape index (κ3) is 5.41. The molecule has 8 heteroatoms. The molecule has 1 aromatic rings. The van der Waals surface area contributed by atoms with E-state index in [4.69, 9.17) is 10.8 Å². The van der Waals surface area contributed by atoms with Crippen LogP contribution in [0, 0.1) is 0 Å². The molecule has 0 saturated heterocycles. The Bertz CT molecular complexity index is 543. The first-order valence-corrected chi connectivity index (χ1v) is 6.47. The Hall–Kier alpha value is -2.61. The first kappa shape index (κ1) is 17.4. The summed E-state index contributed by atoms with van der Waals surface area (Å²) in [4.78, 5) is 34.1. The third-order valence-corrected chi connectivity index (χ3v) is 2.91. The summed E-state index contributed by atoms with van der Waals surface area (Å²) in [5.41, 5.74) is 6.12. The van der Waals surface area contributed by atoms with E-state index in [1.807, 2.05) is 0 Å². The van der Waals surface area contributed by atoms with E-state index >= 15 is 0 Å². The van der Waals surface area contributed by atoms with E-state index in [2.05, 4.69) is 10.1 Å². The van der Waals surface area contributed by atoms with Crippen LogP contribution < -0.4 is 11.1 Å². The van der Waals surface area contributed by atoms with Gasteiger partial charge in [0.2, 0.25) is 5.91 Å². The molecule has 1 rings (SSSR count). The van der Waals surface area contributed by atoms with E-state index < -0.39 is 36.4 Å². The first-order valence-electron chi connectivity index (χ1n) is 6.47. The number of ether oxygens (including phenoxy) is 1. The minimum Gasteiger partial charge on any atom is -0.508 e. The van der Waals surface area contributed by atoms with Crippen molar-refractivity contribution in [2.45, 2.75) is 24.9 Å². The summed E-state index contributed by atoms with van der Waals surface area (Å²) in [5, 5.41) is 20.2. The highest BCUT2D eigenvalue weighted by Crippen LogP contribution is 2.12. The molecule has 1 aromatic carbocycles. The molecule has 0 aliphatic rings. The van der Waals surface area contributed by atoms with Gasteiger partial charge in [-0.05, 0) is 17.7 Å². The van der Waals surface area contributed by atoms with Crippen LogP contribution in [0.15, 0.2) is 24.3 Å². The summed E-state index contributed by atoms with van der Waals surface area (Å²) >= 11 is 0. The minimum absolute atomic E-state index is 0.0749. The summed E-state index contributed by atoms with van der Waals surface area (Å²) in [5.74, 6) is -2.57. The summed E-state index contributed by atoms with van der Waals surface area (Å²) in [6.45, 7) is 0. The molecule has 120 valence electrons. The number of aromatic hydroxyl groups is 1. The fraction of sp³-hybridized carbons (Fsp3) is 0.357. The second-order valence-corrected chi connectivity index (χ2v) is 4.66. The Morgan fingerprint density at radius 2 is 1.86 bits per heavy atom. The van der Waals surface area contributed by atoms with E-state index in [1.54, 1.807) is 12.1 Å². The third-order valence-electron chi connectivity index (χ3n) is 2.91. The van der Waals surface area contributed by atoms with Crippen LogP contribution in [0.1, 0.15) is 12.0 Å². The molecule has 8 nitrogen and oxygen atoms in total. The Morgan fingerprint density at radius 1 is 1.27 bits per heavy atom. The smallest absolute Gasteiger partial charge is 0.328 e. The average Bonchev–Trinajstić information content (AvgIpc) is 2.47. The van der Waals surface area contributed by atoms with Gasteiger partial charge in [0, 0.05) is 6.42 Å². The van der Waals surface area contributed by atoms with Crippen LogP contribution in [-0.2, 0) is 25.5 Å². The monoisotopic (exact) mass is 310 g/mol. The van der Waals surface area contributed by atoms with Crippen molar-refractivity contribution in [2.75, 3.05) is 7.11 Å². The Kier molecular flexibility index (Phi) is 6.33. The molecule has 0 saturated carbocycles. The van der Waals surface area contributed by atoms with E-state index in [1.165, 1.54) is 19.2 Å². The predicted molar refractivity (Wildman–Crippen MR) is 76.0 cm³/mol. The van der Waals surface area contributed by atoms with Gasteiger partial charge in [-0.3, -0.25) is 9.59 Å². The molecule has 0 radical (unpaired) electrons. The predicted octanol–water partition coefficient (Wildman–Crippen LogP) is -0.605. The number of aliphatic carboxylic acids is 1. The van der Waals surface area contributed by atoms with Gasteiger partial charge in [-0.15, -0.1) is 0 Å². The van der Waals surface area contributed by atoms with Gasteiger partial charge < -0.3 is 26.0 Å². The highest BCUT2D eigenvalue weighted by molar-refractivity contribution is 5.89. The molecule has 0 unspecified atom stereocenters. The summed E-state index contributed by atoms with van der Waals surface area (Å²) in [6.07, 6.45) is -0.419. The standard InChI is InChI=1S/C14H18N2O6/c1-22-14(21)11(6-8-2-4-9(17)5-3-8)16-13(20)10(15)7-12(18)19/h2-5,10-11,17H,6-7,15H2,1H3,(H,16,20)(H,18,19)/t10-,11-/m1/s1. The van der Waals surface area contributed by atoms with Crippen molar-refractivity contribution in [3.05, 3.63) is 29.8 Å². The van der Waals surface area contributed by atoms with Gasteiger partial charge in [-0.1, -0.05) is 12.1 Å². The highest BCUT2D eigenvalue weighted by Gasteiger charge is 2.25. The second-order valence-electron chi connectivity index (χ2n) is 4.66. The van der Waals surface area contributed by atoms with Crippen LogP contribution in [0.4, 0.5) is 0 Å². The Morgan fingerprint density at radius 3 is 2.36 bits per heavy atom. The number of carbonyl (C=O) groups is 3. The Labute approximate surface area is 126 Å².